The van der Waals surface area contributed by atoms with Crippen molar-refractivity contribution in [1.82, 2.24) is 0 Å². The van der Waals surface area contributed by atoms with Crippen molar-refractivity contribution in [2.75, 3.05) is 6.26 Å². The highest BCUT2D eigenvalue weighted by Gasteiger charge is 2.31. The quantitative estimate of drug-likeness (QED) is 0.526. The Morgan fingerprint density at radius 1 is 1.24 bits per heavy atom. The van der Waals surface area contributed by atoms with E-state index in [0.717, 1.165) is 36.6 Å². The predicted molar refractivity (Wildman–Crippen MR) is 95.6 cm³/mol. The smallest absolute Gasteiger partial charge is 0.416 e. The molecule has 0 saturated heterocycles. The highest BCUT2D eigenvalue weighted by molar-refractivity contribution is 7.88. The summed E-state index contributed by atoms with van der Waals surface area (Å²) in [5, 5.41) is 23.7. The van der Waals surface area contributed by atoms with Crippen molar-refractivity contribution in [3.8, 4) is 11.5 Å². The zero-order chi connectivity index (χ0) is 22.6. The van der Waals surface area contributed by atoms with Gasteiger partial charge in [0.25, 0.3) is 5.69 Å². The van der Waals surface area contributed by atoms with Gasteiger partial charge in [-0.1, -0.05) is 11.6 Å². The number of aromatic carboxylic acids is 1. The molecule has 0 fully saturated rings. The molecule has 0 heterocycles. The Kier molecular flexibility index (Phi) is 7.55. The number of nitrogens with zero attached hydrogens (tertiary/aromatic N) is 1. The van der Waals surface area contributed by atoms with Gasteiger partial charge in [-0.15, -0.1) is 0 Å². The lowest BCUT2D eigenvalue weighted by atomic mass is 10.1. The third-order valence-electron chi connectivity index (χ3n) is 2.88. The van der Waals surface area contributed by atoms with E-state index in [2.05, 4.69) is 5.14 Å². The number of carboxylic acids is 1. The fourth-order valence-corrected chi connectivity index (χ4v) is 2.02. The second-order valence-corrected chi connectivity index (χ2v) is 7.38. The number of carboxylic acid groups (broad SMARTS) is 1. The number of benzene rings is 2. The zero-order valence-corrected chi connectivity index (χ0v) is 15.9. The minimum Gasteiger partial charge on any atom is -0.477 e. The standard InChI is InChI=1S/C14H7ClF3NO5.CH5NO2S/c15-10-5-7(14(16,17)18)1-4-12(10)24-8-2-3-11(19(22)23)9(6-8)13(20)21;1-5(2,3)4/h1-6H,(H,20,21);1H3,(H2,2,3,4). The van der Waals surface area contributed by atoms with Gasteiger partial charge in [-0.3, -0.25) is 10.1 Å². The van der Waals surface area contributed by atoms with E-state index in [9.17, 15) is 36.5 Å². The Hall–Kier alpha value is -2.90. The number of sulfonamides is 1. The van der Waals surface area contributed by atoms with Crippen molar-refractivity contribution >= 4 is 33.3 Å². The van der Waals surface area contributed by atoms with E-state index >= 15 is 0 Å². The first kappa shape index (κ1) is 24.1. The average Bonchev–Trinajstić information content (AvgIpc) is 2.53. The van der Waals surface area contributed by atoms with Gasteiger partial charge in [-0.25, -0.2) is 18.4 Å². The number of halogens is 4. The monoisotopic (exact) mass is 456 g/mol. The van der Waals surface area contributed by atoms with Gasteiger partial charge in [0.2, 0.25) is 10.0 Å². The number of carbonyl (C=O) groups is 1. The molecule has 0 saturated carbocycles. The van der Waals surface area contributed by atoms with Gasteiger partial charge in [-0.05, 0) is 24.3 Å². The lowest BCUT2D eigenvalue weighted by molar-refractivity contribution is -0.385. The Balaban J connectivity index is 0.000000749. The molecule has 3 N–H and O–H groups in total. The van der Waals surface area contributed by atoms with E-state index in [1.54, 1.807) is 0 Å². The summed E-state index contributed by atoms with van der Waals surface area (Å²) in [5.74, 6) is -1.83. The van der Waals surface area contributed by atoms with Crippen LogP contribution in [-0.4, -0.2) is 30.7 Å². The third-order valence-corrected chi connectivity index (χ3v) is 3.18. The maximum atomic E-state index is 12.6. The minimum absolute atomic E-state index is 0.125. The molecule has 29 heavy (non-hydrogen) atoms. The molecule has 158 valence electrons. The van der Waals surface area contributed by atoms with Crippen molar-refractivity contribution in [2.24, 2.45) is 5.14 Å². The maximum absolute atomic E-state index is 12.6. The van der Waals surface area contributed by atoms with Gasteiger partial charge in [0, 0.05) is 12.1 Å². The number of nitrogens with two attached hydrogens (primary N) is 1. The summed E-state index contributed by atoms with van der Waals surface area (Å²) in [7, 11) is -3.17. The maximum Gasteiger partial charge on any atom is 0.416 e. The Bertz CT molecular complexity index is 1030. The highest BCUT2D eigenvalue weighted by atomic mass is 35.5. The van der Waals surface area contributed by atoms with Crippen LogP contribution >= 0.6 is 11.6 Å². The van der Waals surface area contributed by atoms with Crippen LogP contribution in [0, 0.1) is 10.1 Å². The van der Waals surface area contributed by atoms with E-state index in [0.29, 0.717) is 6.07 Å². The number of primary sulfonamides is 1. The molecular formula is C15H12ClF3N2O7S. The van der Waals surface area contributed by atoms with Gasteiger partial charge in [0.05, 0.1) is 21.8 Å². The first-order valence-corrected chi connectivity index (χ1v) is 9.47. The van der Waals surface area contributed by atoms with E-state index in [1.807, 2.05) is 0 Å². The zero-order valence-electron chi connectivity index (χ0n) is 14.3. The van der Waals surface area contributed by atoms with Crippen LogP contribution in [0.25, 0.3) is 0 Å². The van der Waals surface area contributed by atoms with Gasteiger partial charge in [0.15, 0.2) is 0 Å². The van der Waals surface area contributed by atoms with Crippen LogP contribution in [0.3, 0.4) is 0 Å². The predicted octanol–water partition coefficient (Wildman–Crippen LogP) is 3.66. The second kappa shape index (κ2) is 9.07. The fourth-order valence-electron chi connectivity index (χ4n) is 1.80. The molecule has 0 bridgehead atoms. The number of rotatable bonds is 4. The van der Waals surface area contributed by atoms with E-state index in [1.165, 1.54) is 0 Å². The first-order valence-electron chi connectivity index (χ1n) is 7.13. The molecule has 0 spiro atoms. The normalized spacial score (nSPS) is 11.2. The molecule has 0 aliphatic heterocycles. The number of ether oxygens (including phenoxy) is 1. The number of alkyl halides is 3. The molecule has 0 aliphatic carbocycles. The van der Waals surface area contributed by atoms with Crippen LogP contribution in [0.15, 0.2) is 36.4 Å². The number of hydrogen-bond acceptors (Lipinski definition) is 6. The Labute approximate surface area is 166 Å². The molecule has 14 heteroatoms. The summed E-state index contributed by atoms with van der Waals surface area (Å²) >= 11 is 5.72. The third kappa shape index (κ3) is 7.93. The molecule has 9 nitrogen and oxygen atoms in total. The molecule has 0 radical (unpaired) electrons. The van der Waals surface area contributed by atoms with Gasteiger partial charge >= 0.3 is 12.1 Å². The average molecular weight is 457 g/mol. The first-order chi connectivity index (χ1) is 13.1. The van der Waals surface area contributed by atoms with Crippen LogP contribution in [0.4, 0.5) is 18.9 Å². The molecule has 0 aliphatic rings. The molecule has 2 aromatic rings. The Morgan fingerprint density at radius 2 is 1.79 bits per heavy atom. The van der Waals surface area contributed by atoms with Crippen LogP contribution in [0.2, 0.25) is 5.02 Å². The molecule has 2 rings (SSSR count). The van der Waals surface area contributed by atoms with Crippen molar-refractivity contribution in [1.29, 1.82) is 0 Å². The second-order valence-electron chi connectivity index (χ2n) is 5.32. The van der Waals surface area contributed by atoms with E-state index in [-0.39, 0.29) is 16.5 Å². The lowest BCUT2D eigenvalue weighted by Gasteiger charge is -2.11. The molecule has 2 aromatic carbocycles. The molecule has 0 amide bonds. The van der Waals surface area contributed by atoms with Crippen LogP contribution in [0.1, 0.15) is 15.9 Å². The fraction of sp³-hybridized carbons (Fsp3) is 0.133. The SMILES string of the molecule is CS(N)(=O)=O.O=C(O)c1cc(Oc2ccc(C(F)(F)F)cc2Cl)ccc1[N+](=O)[O-]. The number of hydrogen-bond donors (Lipinski definition) is 2. The minimum atomic E-state index is -4.58. The van der Waals surface area contributed by atoms with Gasteiger partial charge in [0.1, 0.15) is 17.1 Å². The Morgan fingerprint density at radius 3 is 2.21 bits per heavy atom. The molecular weight excluding hydrogens is 445 g/mol. The number of nitro groups is 1. The van der Waals surface area contributed by atoms with E-state index < -0.39 is 43.9 Å². The van der Waals surface area contributed by atoms with Gasteiger partial charge < -0.3 is 9.84 Å². The molecule has 0 unspecified atom stereocenters. The largest absolute Gasteiger partial charge is 0.477 e. The summed E-state index contributed by atoms with van der Waals surface area (Å²) in [6, 6.07) is 5.27. The topological polar surface area (TPSA) is 150 Å². The van der Waals surface area contributed by atoms with Crippen molar-refractivity contribution in [3.63, 3.8) is 0 Å². The van der Waals surface area contributed by atoms with Crippen LogP contribution in [0.5, 0.6) is 11.5 Å². The molecule has 0 aromatic heterocycles. The van der Waals surface area contributed by atoms with Gasteiger partial charge in [-0.2, -0.15) is 13.2 Å². The highest BCUT2D eigenvalue weighted by Crippen LogP contribution is 2.37. The lowest BCUT2D eigenvalue weighted by Crippen LogP contribution is -2.07. The summed E-state index contributed by atoms with van der Waals surface area (Å²) in [6.45, 7) is 0. The van der Waals surface area contributed by atoms with Crippen LogP contribution in [-0.2, 0) is 16.2 Å². The summed E-state index contributed by atoms with van der Waals surface area (Å²) < 4.78 is 61.7. The summed E-state index contributed by atoms with van der Waals surface area (Å²) in [6.07, 6.45) is -3.64. The molecule has 0 atom stereocenters. The van der Waals surface area contributed by atoms with Crippen molar-refractivity contribution in [2.45, 2.75) is 6.18 Å². The number of nitro benzene ring substituents is 1. The summed E-state index contributed by atoms with van der Waals surface area (Å²) in [5.41, 5.74) is -2.25. The van der Waals surface area contributed by atoms with Crippen molar-refractivity contribution in [3.05, 3.63) is 62.7 Å². The van der Waals surface area contributed by atoms with E-state index in [4.69, 9.17) is 21.4 Å². The van der Waals surface area contributed by atoms with Crippen molar-refractivity contribution < 1.29 is 41.2 Å². The van der Waals surface area contributed by atoms with Crippen LogP contribution < -0.4 is 9.88 Å². The summed E-state index contributed by atoms with van der Waals surface area (Å²) in [4.78, 5) is 20.9.